The monoisotopic (exact) mass is 353 g/mol. The van der Waals surface area contributed by atoms with E-state index in [4.69, 9.17) is 5.73 Å². The van der Waals surface area contributed by atoms with E-state index in [1.54, 1.807) is 12.1 Å². The van der Waals surface area contributed by atoms with Crippen LogP contribution in [-0.4, -0.2) is 12.4 Å². The van der Waals surface area contributed by atoms with Gasteiger partial charge in [0.05, 0.1) is 0 Å². The van der Waals surface area contributed by atoms with Crippen LogP contribution < -0.4 is 5.73 Å². The molecule has 2 nitrogen and oxygen atoms in total. The molecule has 2 aromatic carbocycles. The Hall–Kier alpha value is -2.94. The zero-order valence-corrected chi connectivity index (χ0v) is 15.4. The molecule has 0 bridgehead atoms. The number of hydrogen-bond donors (Lipinski definition) is 2. The van der Waals surface area contributed by atoms with E-state index >= 15 is 0 Å². The van der Waals surface area contributed by atoms with Crippen LogP contribution >= 0.6 is 0 Å². The number of allylic oxidation sites excluding steroid dienone is 8. The Morgan fingerprint density at radius 1 is 0.926 bits per heavy atom. The molecular weight excluding hydrogens is 329 g/mol. The van der Waals surface area contributed by atoms with Crippen LogP contribution in [0, 0.1) is 0 Å². The second-order valence-electron chi connectivity index (χ2n) is 7.37. The van der Waals surface area contributed by atoms with E-state index in [1.807, 2.05) is 12.1 Å². The van der Waals surface area contributed by atoms with Crippen molar-refractivity contribution in [3.63, 3.8) is 0 Å². The van der Waals surface area contributed by atoms with Gasteiger partial charge in [-0.2, -0.15) is 0 Å². The highest BCUT2D eigenvalue weighted by Gasteiger charge is 2.18. The van der Waals surface area contributed by atoms with Gasteiger partial charge in [-0.25, -0.2) is 0 Å². The van der Waals surface area contributed by atoms with Gasteiger partial charge in [0.1, 0.15) is 5.75 Å². The maximum absolute atomic E-state index is 9.44. The van der Waals surface area contributed by atoms with E-state index in [-0.39, 0.29) is 0 Å². The average Bonchev–Trinajstić information content (AvgIpc) is 2.71. The van der Waals surface area contributed by atoms with Gasteiger partial charge in [0.25, 0.3) is 0 Å². The van der Waals surface area contributed by atoms with Gasteiger partial charge in [-0.3, -0.25) is 0 Å². The molecule has 0 fully saturated rings. The maximum atomic E-state index is 9.44. The number of phenols is 1. The molecule has 2 aromatic rings. The Balaban J connectivity index is 1.44. The first-order chi connectivity index (χ1) is 13.2. The molecule has 0 radical (unpaired) electrons. The van der Waals surface area contributed by atoms with E-state index in [1.165, 1.54) is 27.6 Å². The molecule has 27 heavy (non-hydrogen) atoms. The summed E-state index contributed by atoms with van der Waals surface area (Å²) >= 11 is 0. The van der Waals surface area contributed by atoms with Crippen LogP contribution in [0.15, 0.2) is 95.5 Å². The Morgan fingerprint density at radius 2 is 1.70 bits per heavy atom. The Labute approximate surface area is 161 Å². The molecule has 0 amide bonds. The van der Waals surface area contributed by atoms with Crippen molar-refractivity contribution < 1.29 is 5.11 Å². The second-order valence-corrected chi connectivity index (χ2v) is 7.37. The van der Waals surface area contributed by atoms with Crippen molar-refractivity contribution in [1.29, 1.82) is 0 Å². The second kappa shape index (κ2) is 7.75. The summed E-state index contributed by atoms with van der Waals surface area (Å²) < 4.78 is 0. The van der Waals surface area contributed by atoms with Crippen LogP contribution in [0.5, 0.6) is 5.75 Å². The minimum atomic E-state index is 0.312. The number of phenolic OH excluding ortho intramolecular Hbond substituents is 1. The third-order valence-electron chi connectivity index (χ3n) is 5.50. The minimum absolute atomic E-state index is 0.312. The zero-order valence-electron chi connectivity index (χ0n) is 15.4. The summed E-state index contributed by atoms with van der Waals surface area (Å²) in [5.41, 5.74) is 14.0. The van der Waals surface area contributed by atoms with E-state index in [0.717, 1.165) is 32.2 Å². The fourth-order valence-corrected chi connectivity index (χ4v) is 3.87. The minimum Gasteiger partial charge on any atom is -0.508 e. The van der Waals surface area contributed by atoms with Gasteiger partial charge in [-0.15, -0.1) is 0 Å². The highest BCUT2D eigenvalue weighted by molar-refractivity contribution is 6.55. The Morgan fingerprint density at radius 3 is 2.37 bits per heavy atom. The summed E-state index contributed by atoms with van der Waals surface area (Å²) in [7, 11) is 0.934. The smallest absolute Gasteiger partial charge is 0.189 e. The first-order valence-corrected chi connectivity index (χ1v) is 9.58. The van der Waals surface area contributed by atoms with Crippen LogP contribution in [0.25, 0.3) is 5.57 Å². The van der Waals surface area contributed by atoms with Crippen LogP contribution in [0.2, 0.25) is 0 Å². The van der Waals surface area contributed by atoms with E-state index in [9.17, 15) is 5.11 Å². The van der Waals surface area contributed by atoms with Crippen LogP contribution in [0.3, 0.4) is 0 Å². The summed E-state index contributed by atoms with van der Waals surface area (Å²) in [5.74, 6) is 0.697. The number of benzene rings is 2. The number of hydrogen-bond acceptors (Lipinski definition) is 2. The van der Waals surface area contributed by atoms with Crippen molar-refractivity contribution in [2.24, 2.45) is 5.73 Å². The molecule has 0 aromatic heterocycles. The molecule has 1 unspecified atom stereocenters. The molecular formula is C24H24BNO. The Bertz CT molecular complexity index is 936. The molecule has 1 atom stereocenters. The quantitative estimate of drug-likeness (QED) is 0.776. The van der Waals surface area contributed by atoms with Crippen LogP contribution in [0.4, 0.5) is 0 Å². The molecule has 0 aliphatic heterocycles. The summed E-state index contributed by atoms with van der Waals surface area (Å²) in [6.45, 7) is 0. The first-order valence-electron chi connectivity index (χ1n) is 9.58. The van der Waals surface area contributed by atoms with E-state index in [0.29, 0.717) is 11.7 Å². The lowest BCUT2D eigenvalue weighted by atomic mass is 9.58. The molecule has 4 rings (SSSR count). The number of aromatic hydroxyl groups is 1. The predicted octanol–water partition coefficient (Wildman–Crippen LogP) is 4.80. The molecule has 0 heterocycles. The molecule has 2 aliphatic rings. The fraction of sp³-hybridized carbons (Fsp3) is 0.167. The lowest BCUT2D eigenvalue weighted by Crippen LogP contribution is -2.15. The lowest BCUT2D eigenvalue weighted by molar-refractivity contribution is 0.475. The van der Waals surface area contributed by atoms with E-state index < -0.39 is 0 Å². The standard InChI is InChI=1S/C24H24BNO/c26-24-16-20(17-4-2-1-3-5-17)10-15-23(24)25-21-11-6-18(7-12-21)19-8-13-22(27)14-9-19/h1-6,8-11,13-15,20,25,27H,7,12,16,26H2. The average molecular weight is 353 g/mol. The third-order valence-corrected chi connectivity index (χ3v) is 5.50. The summed E-state index contributed by atoms with van der Waals surface area (Å²) in [6, 6.07) is 18.0. The lowest BCUT2D eigenvalue weighted by Gasteiger charge is -2.22. The molecule has 3 heteroatoms. The van der Waals surface area contributed by atoms with E-state index in [2.05, 4.69) is 54.6 Å². The van der Waals surface area contributed by atoms with Crippen molar-refractivity contribution in [3.05, 3.63) is 107 Å². The van der Waals surface area contributed by atoms with Gasteiger partial charge >= 0.3 is 0 Å². The topological polar surface area (TPSA) is 46.2 Å². The van der Waals surface area contributed by atoms with Gasteiger partial charge in [-0.05, 0) is 48.1 Å². The van der Waals surface area contributed by atoms with Gasteiger partial charge in [0.15, 0.2) is 7.28 Å². The Kier molecular flexibility index (Phi) is 5.02. The molecule has 134 valence electrons. The fourth-order valence-electron chi connectivity index (χ4n) is 3.87. The maximum Gasteiger partial charge on any atom is 0.189 e. The van der Waals surface area contributed by atoms with Crippen molar-refractivity contribution in [1.82, 2.24) is 0 Å². The van der Waals surface area contributed by atoms with Gasteiger partial charge < -0.3 is 10.8 Å². The third kappa shape index (κ3) is 4.08. The zero-order chi connectivity index (χ0) is 18.6. The van der Waals surface area contributed by atoms with Gasteiger partial charge in [0, 0.05) is 11.6 Å². The van der Waals surface area contributed by atoms with Crippen molar-refractivity contribution in [2.75, 3.05) is 0 Å². The molecule has 3 N–H and O–H groups in total. The molecule has 0 saturated heterocycles. The first kappa shape index (κ1) is 17.5. The SMILES string of the molecule is NC1=C(BC2=CC=C(c3ccc(O)cc3)CC2)C=CC(c2ccccc2)C1. The molecule has 2 aliphatic carbocycles. The van der Waals surface area contributed by atoms with Crippen molar-refractivity contribution >= 4 is 12.9 Å². The largest absolute Gasteiger partial charge is 0.508 e. The van der Waals surface area contributed by atoms with Crippen LogP contribution in [0.1, 0.15) is 36.3 Å². The normalized spacial score (nSPS) is 19.5. The number of rotatable bonds is 4. The highest BCUT2D eigenvalue weighted by Crippen LogP contribution is 2.32. The van der Waals surface area contributed by atoms with Gasteiger partial charge in [0.2, 0.25) is 0 Å². The summed E-state index contributed by atoms with van der Waals surface area (Å²) in [4.78, 5) is 0. The van der Waals surface area contributed by atoms with Gasteiger partial charge in [-0.1, -0.05) is 77.7 Å². The highest BCUT2D eigenvalue weighted by atomic mass is 16.3. The van der Waals surface area contributed by atoms with Crippen molar-refractivity contribution in [2.45, 2.75) is 25.2 Å². The summed E-state index contributed by atoms with van der Waals surface area (Å²) in [5, 5.41) is 9.44. The molecule has 0 spiro atoms. The predicted molar refractivity (Wildman–Crippen MR) is 115 cm³/mol. The summed E-state index contributed by atoms with van der Waals surface area (Å²) in [6.07, 6.45) is 11.9. The molecule has 0 saturated carbocycles. The van der Waals surface area contributed by atoms with Crippen molar-refractivity contribution in [3.8, 4) is 5.75 Å². The number of nitrogens with two attached hydrogens (primary N) is 1. The van der Waals surface area contributed by atoms with Crippen LogP contribution in [-0.2, 0) is 0 Å².